The van der Waals surface area contributed by atoms with E-state index < -0.39 is 0 Å². The summed E-state index contributed by atoms with van der Waals surface area (Å²) in [6, 6.07) is 6.25. The van der Waals surface area contributed by atoms with E-state index in [0.29, 0.717) is 19.4 Å². The molecule has 1 aromatic heterocycles. The van der Waals surface area contributed by atoms with Crippen LogP contribution in [-0.4, -0.2) is 17.4 Å². The topological polar surface area (TPSA) is 42.0 Å². The van der Waals surface area contributed by atoms with Gasteiger partial charge in [-0.25, -0.2) is 9.37 Å². The Labute approximate surface area is 121 Å². The molecule has 0 atom stereocenters. The van der Waals surface area contributed by atoms with E-state index in [1.54, 1.807) is 23.5 Å². The SMILES string of the molecule is Cc1ncc(CCNC(=O)CCc2ccc(F)cc2)s1. The molecule has 0 spiro atoms. The van der Waals surface area contributed by atoms with Gasteiger partial charge in [-0.05, 0) is 31.0 Å². The summed E-state index contributed by atoms with van der Waals surface area (Å²) >= 11 is 1.65. The summed E-state index contributed by atoms with van der Waals surface area (Å²) in [6.07, 6.45) is 3.72. The summed E-state index contributed by atoms with van der Waals surface area (Å²) in [7, 11) is 0. The van der Waals surface area contributed by atoms with Gasteiger partial charge in [-0.2, -0.15) is 0 Å². The number of thiazole rings is 1. The average molecular weight is 292 g/mol. The summed E-state index contributed by atoms with van der Waals surface area (Å²) < 4.78 is 12.7. The molecule has 3 nitrogen and oxygen atoms in total. The van der Waals surface area contributed by atoms with Gasteiger partial charge in [0.15, 0.2) is 0 Å². The van der Waals surface area contributed by atoms with Crippen LogP contribution in [-0.2, 0) is 17.6 Å². The molecule has 2 aromatic rings. The van der Waals surface area contributed by atoms with Crippen molar-refractivity contribution in [3.8, 4) is 0 Å². The number of nitrogens with one attached hydrogen (secondary N) is 1. The maximum Gasteiger partial charge on any atom is 0.220 e. The molecule has 0 aliphatic rings. The molecule has 1 aromatic carbocycles. The van der Waals surface area contributed by atoms with Crippen LogP contribution in [0.4, 0.5) is 4.39 Å². The quantitative estimate of drug-likeness (QED) is 0.889. The fraction of sp³-hybridized carbons (Fsp3) is 0.333. The number of rotatable bonds is 6. The summed E-state index contributed by atoms with van der Waals surface area (Å²) in [5.41, 5.74) is 0.972. The van der Waals surface area contributed by atoms with Gasteiger partial charge in [-0.15, -0.1) is 11.3 Å². The van der Waals surface area contributed by atoms with Crippen LogP contribution in [0.15, 0.2) is 30.5 Å². The molecule has 0 unspecified atom stereocenters. The largest absolute Gasteiger partial charge is 0.356 e. The molecule has 0 saturated heterocycles. The molecule has 0 aliphatic heterocycles. The molecule has 20 heavy (non-hydrogen) atoms. The Bertz CT molecular complexity index is 566. The molecule has 0 aliphatic carbocycles. The van der Waals surface area contributed by atoms with E-state index in [4.69, 9.17) is 0 Å². The van der Waals surface area contributed by atoms with E-state index in [2.05, 4.69) is 10.3 Å². The van der Waals surface area contributed by atoms with Gasteiger partial charge >= 0.3 is 0 Å². The number of hydrogen-bond donors (Lipinski definition) is 1. The second-order valence-electron chi connectivity index (χ2n) is 4.57. The van der Waals surface area contributed by atoms with Crippen LogP contribution >= 0.6 is 11.3 Å². The van der Waals surface area contributed by atoms with Gasteiger partial charge in [0.2, 0.25) is 5.91 Å². The number of aryl methyl sites for hydroxylation is 2. The Morgan fingerprint density at radius 3 is 2.70 bits per heavy atom. The van der Waals surface area contributed by atoms with Crippen molar-refractivity contribution in [1.29, 1.82) is 0 Å². The first-order valence-electron chi connectivity index (χ1n) is 6.56. The lowest BCUT2D eigenvalue weighted by Gasteiger charge is -2.04. The third-order valence-electron chi connectivity index (χ3n) is 2.92. The van der Waals surface area contributed by atoms with Gasteiger partial charge in [0.05, 0.1) is 5.01 Å². The van der Waals surface area contributed by atoms with Crippen LogP contribution in [0, 0.1) is 12.7 Å². The minimum atomic E-state index is -0.252. The van der Waals surface area contributed by atoms with Crippen LogP contribution < -0.4 is 5.32 Å². The maximum atomic E-state index is 12.7. The van der Waals surface area contributed by atoms with Crippen molar-refractivity contribution in [2.45, 2.75) is 26.2 Å². The molecule has 5 heteroatoms. The highest BCUT2D eigenvalue weighted by Crippen LogP contribution is 2.11. The second kappa shape index (κ2) is 7.14. The first kappa shape index (κ1) is 14.7. The van der Waals surface area contributed by atoms with E-state index in [0.717, 1.165) is 17.0 Å². The average Bonchev–Trinajstić information content (AvgIpc) is 2.84. The first-order valence-corrected chi connectivity index (χ1v) is 7.37. The van der Waals surface area contributed by atoms with Crippen LogP contribution in [0.3, 0.4) is 0 Å². The van der Waals surface area contributed by atoms with Gasteiger partial charge in [0, 0.05) is 30.5 Å². The van der Waals surface area contributed by atoms with Gasteiger partial charge in [0.25, 0.3) is 0 Å². The van der Waals surface area contributed by atoms with E-state index in [1.165, 1.54) is 17.0 Å². The Kier molecular flexibility index (Phi) is 5.24. The van der Waals surface area contributed by atoms with Gasteiger partial charge in [-0.3, -0.25) is 4.79 Å². The zero-order valence-corrected chi connectivity index (χ0v) is 12.2. The minimum Gasteiger partial charge on any atom is -0.356 e. The fourth-order valence-corrected chi connectivity index (χ4v) is 2.64. The number of halogens is 1. The molecule has 0 saturated carbocycles. The van der Waals surface area contributed by atoms with Crippen molar-refractivity contribution in [2.75, 3.05) is 6.54 Å². The number of hydrogen-bond acceptors (Lipinski definition) is 3. The Hall–Kier alpha value is -1.75. The Morgan fingerprint density at radius 2 is 2.05 bits per heavy atom. The zero-order valence-electron chi connectivity index (χ0n) is 11.4. The lowest BCUT2D eigenvalue weighted by atomic mass is 10.1. The zero-order chi connectivity index (χ0) is 14.4. The molecule has 1 amide bonds. The fourth-order valence-electron chi connectivity index (χ4n) is 1.84. The van der Waals surface area contributed by atoms with Gasteiger partial charge in [0.1, 0.15) is 5.82 Å². The van der Waals surface area contributed by atoms with Crippen LogP contribution in [0.1, 0.15) is 21.9 Å². The van der Waals surface area contributed by atoms with Crippen LogP contribution in [0.5, 0.6) is 0 Å². The number of benzene rings is 1. The smallest absolute Gasteiger partial charge is 0.220 e. The molecular weight excluding hydrogens is 275 g/mol. The maximum absolute atomic E-state index is 12.7. The summed E-state index contributed by atoms with van der Waals surface area (Å²) in [6.45, 7) is 2.60. The van der Waals surface area contributed by atoms with E-state index in [9.17, 15) is 9.18 Å². The highest BCUT2D eigenvalue weighted by atomic mass is 32.1. The molecule has 2 rings (SSSR count). The number of carbonyl (C=O) groups excluding carboxylic acids is 1. The Balaban J connectivity index is 1.66. The van der Waals surface area contributed by atoms with E-state index in [-0.39, 0.29) is 11.7 Å². The number of aromatic nitrogens is 1. The normalized spacial score (nSPS) is 10.5. The van der Waals surface area contributed by atoms with Gasteiger partial charge in [-0.1, -0.05) is 12.1 Å². The van der Waals surface area contributed by atoms with Crippen molar-refractivity contribution in [1.82, 2.24) is 10.3 Å². The van der Waals surface area contributed by atoms with Crippen LogP contribution in [0.25, 0.3) is 0 Å². The highest BCUT2D eigenvalue weighted by molar-refractivity contribution is 7.11. The number of nitrogens with zero attached hydrogens (tertiary/aromatic N) is 1. The third-order valence-corrected chi connectivity index (χ3v) is 3.89. The minimum absolute atomic E-state index is 0.0237. The molecule has 106 valence electrons. The Morgan fingerprint density at radius 1 is 1.30 bits per heavy atom. The van der Waals surface area contributed by atoms with Crippen molar-refractivity contribution < 1.29 is 9.18 Å². The van der Waals surface area contributed by atoms with Crippen molar-refractivity contribution in [3.63, 3.8) is 0 Å². The molecule has 1 N–H and O–H groups in total. The van der Waals surface area contributed by atoms with Crippen molar-refractivity contribution in [3.05, 3.63) is 51.7 Å². The van der Waals surface area contributed by atoms with Crippen LogP contribution in [0.2, 0.25) is 0 Å². The number of carbonyl (C=O) groups is 1. The van der Waals surface area contributed by atoms with E-state index >= 15 is 0 Å². The number of amides is 1. The molecule has 1 heterocycles. The lowest BCUT2D eigenvalue weighted by Crippen LogP contribution is -2.25. The molecule has 0 fully saturated rings. The molecule has 0 bridgehead atoms. The van der Waals surface area contributed by atoms with E-state index in [1.807, 2.05) is 13.1 Å². The predicted molar refractivity (Wildman–Crippen MR) is 78.3 cm³/mol. The van der Waals surface area contributed by atoms with Crippen molar-refractivity contribution >= 4 is 17.2 Å². The summed E-state index contributed by atoms with van der Waals surface area (Å²) in [5, 5.41) is 3.93. The monoisotopic (exact) mass is 292 g/mol. The summed E-state index contributed by atoms with van der Waals surface area (Å²) in [5.74, 6) is -0.228. The highest BCUT2D eigenvalue weighted by Gasteiger charge is 2.03. The predicted octanol–water partition coefficient (Wildman–Crippen LogP) is 2.88. The third kappa shape index (κ3) is 4.74. The molecular formula is C15H17FN2OS. The van der Waals surface area contributed by atoms with Gasteiger partial charge < -0.3 is 5.32 Å². The first-order chi connectivity index (χ1) is 9.63. The second-order valence-corrected chi connectivity index (χ2v) is 5.89. The summed E-state index contributed by atoms with van der Waals surface area (Å²) in [4.78, 5) is 17.0. The molecule has 0 radical (unpaired) electrons. The van der Waals surface area contributed by atoms with Crippen molar-refractivity contribution in [2.24, 2.45) is 0 Å². The lowest BCUT2D eigenvalue weighted by molar-refractivity contribution is -0.121. The standard InChI is InChI=1S/C15H17FN2OS/c1-11-18-10-14(20-11)8-9-17-15(19)7-4-12-2-5-13(16)6-3-12/h2-3,5-6,10H,4,7-9H2,1H3,(H,17,19).